The van der Waals surface area contributed by atoms with Crippen molar-refractivity contribution in [2.45, 2.75) is 6.43 Å². The van der Waals surface area contributed by atoms with E-state index in [1.54, 1.807) is 6.07 Å². The van der Waals surface area contributed by atoms with Gasteiger partial charge in [0.1, 0.15) is 5.82 Å². The van der Waals surface area contributed by atoms with E-state index in [1.165, 1.54) is 24.4 Å². The predicted octanol–water partition coefficient (Wildman–Crippen LogP) is 3.77. The van der Waals surface area contributed by atoms with Gasteiger partial charge in [-0.15, -0.1) is 0 Å². The molecule has 2 rings (SSSR count). The van der Waals surface area contributed by atoms with Crippen LogP contribution < -0.4 is 10.5 Å². The fourth-order valence-corrected chi connectivity index (χ4v) is 1.84. The van der Waals surface area contributed by atoms with E-state index in [2.05, 4.69) is 4.98 Å². The Kier molecular flexibility index (Phi) is 4.34. The average Bonchev–Trinajstić information content (AvgIpc) is 2.41. The Bertz CT molecular complexity index is 605. The van der Waals surface area contributed by atoms with Crippen molar-refractivity contribution < 1.29 is 17.9 Å². The summed E-state index contributed by atoms with van der Waals surface area (Å²) in [5.41, 5.74) is 6.28. The number of nitrogen functional groups attached to an aromatic ring is 1. The van der Waals surface area contributed by atoms with Crippen LogP contribution in [-0.4, -0.2) is 18.0 Å². The molecule has 0 saturated heterocycles. The SMILES string of the molecule is Nc1cc(Cl)c(-c2ccc(OCC(F)F)nc2)cc1F. The van der Waals surface area contributed by atoms with Crippen LogP contribution in [0.4, 0.5) is 18.9 Å². The molecule has 0 unspecified atom stereocenters. The summed E-state index contributed by atoms with van der Waals surface area (Å²) in [5, 5.41) is 0.270. The van der Waals surface area contributed by atoms with Crippen LogP contribution in [0.25, 0.3) is 11.1 Å². The first kappa shape index (κ1) is 14.5. The average molecular weight is 303 g/mol. The summed E-state index contributed by atoms with van der Waals surface area (Å²) in [7, 11) is 0. The molecule has 20 heavy (non-hydrogen) atoms. The monoisotopic (exact) mass is 302 g/mol. The fourth-order valence-electron chi connectivity index (χ4n) is 1.56. The Morgan fingerprint density at radius 1 is 1.30 bits per heavy atom. The van der Waals surface area contributed by atoms with E-state index < -0.39 is 18.8 Å². The maximum absolute atomic E-state index is 13.4. The number of ether oxygens (including phenoxy) is 1. The first-order valence-electron chi connectivity index (χ1n) is 5.59. The van der Waals surface area contributed by atoms with E-state index in [0.717, 1.165) is 0 Å². The normalized spacial score (nSPS) is 10.8. The van der Waals surface area contributed by atoms with Gasteiger partial charge in [0.05, 0.1) is 10.7 Å². The molecule has 0 saturated carbocycles. The number of halogens is 4. The molecule has 2 N–H and O–H groups in total. The highest BCUT2D eigenvalue weighted by Crippen LogP contribution is 2.31. The van der Waals surface area contributed by atoms with Gasteiger partial charge in [0.25, 0.3) is 6.43 Å². The number of alkyl halides is 2. The van der Waals surface area contributed by atoms with E-state index in [-0.39, 0.29) is 16.6 Å². The lowest BCUT2D eigenvalue weighted by Crippen LogP contribution is -2.07. The number of nitrogens with two attached hydrogens (primary N) is 1. The lowest BCUT2D eigenvalue weighted by atomic mass is 10.1. The number of anilines is 1. The van der Waals surface area contributed by atoms with Crippen molar-refractivity contribution in [3.63, 3.8) is 0 Å². The fraction of sp³-hybridized carbons (Fsp3) is 0.154. The zero-order valence-corrected chi connectivity index (χ0v) is 10.9. The van der Waals surface area contributed by atoms with Gasteiger partial charge in [0, 0.05) is 23.4 Å². The molecule has 0 fully saturated rings. The molecular formula is C13H10ClF3N2O. The van der Waals surface area contributed by atoms with Crippen molar-refractivity contribution in [2.24, 2.45) is 0 Å². The van der Waals surface area contributed by atoms with E-state index in [1.807, 2.05) is 0 Å². The highest BCUT2D eigenvalue weighted by atomic mass is 35.5. The standard InChI is InChI=1S/C13H10ClF3N2O/c14-9-4-11(18)10(15)3-8(9)7-1-2-13(19-5-7)20-6-12(16)17/h1-5,12H,6,18H2. The van der Waals surface area contributed by atoms with Crippen molar-refractivity contribution >= 4 is 17.3 Å². The highest BCUT2D eigenvalue weighted by molar-refractivity contribution is 6.33. The third-order valence-corrected chi connectivity index (χ3v) is 2.80. The Morgan fingerprint density at radius 2 is 2.05 bits per heavy atom. The number of hydrogen-bond donors (Lipinski definition) is 1. The molecule has 0 radical (unpaired) electrons. The van der Waals surface area contributed by atoms with Crippen LogP contribution >= 0.6 is 11.6 Å². The summed E-state index contributed by atoms with van der Waals surface area (Å²) in [6.07, 6.45) is -1.21. The second kappa shape index (κ2) is 6.00. The lowest BCUT2D eigenvalue weighted by molar-refractivity contribution is 0.0796. The number of hydrogen-bond acceptors (Lipinski definition) is 3. The van der Waals surface area contributed by atoms with Gasteiger partial charge in [-0.2, -0.15) is 0 Å². The zero-order chi connectivity index (χ0) is 14.7. The molecule has 0 aliphatic carbocycles. The second-order valence-corrected chi connectivity index (χ2v) is 4.35. The van der Waals surface area contributed by atoms with Gasteiger partial charge in [0.2, 0.25) is 5.88 Å². The van der Waals surface area contributed by atoms with Crippen molar-refractivity contribution in [2.75, 3.05) is 12.3 Å². The molecule has 2 aromatic rings. The maximum atomic E-state index is 13.4. The van der Waals surface area contributed by atoms with Gasteiger partial charge in [-0.1, -0.05) is 11.6 Å². The minimum absolute atomic E-state index is 0.0522. The molecule has 1 aromatic heterocycles. The number of rotatable bonds is 4. The van der Waals surface area contributed by atoms with Crippen LogP contribution in [-0.2, 0) is 0 Å². The topological polar surface area (TPSA) is 48.1 Å². The molecule has 7 heteroatoms. The van der Waals surface area contributed by atoms with Crippen LogP contribution in [0.3, 0.4) is 0 Å². The third kappa shape index (κ3) is 3.33. The molecule has 0 amide bonds. The van der Waals surface area contributed by atoms with E-state index in [9.17, 15) is 13.2 Å². The Labute approximate surface area is 118 Å². The number of aromatic nitrogens is 1. The van der Waals surface area contributed by atoms with E-state index in [4.69, 9.17) is 22.1 Å². The minimum atomic E-state index is -2.57. The first-order chi connectivity index (χ1) is 9.47. The molecule has 0 bridgehead atoms. The molecule has 0 atom stereocenters. The van der Waals surface area contributed by atoms with Gasteiger partial charge < -0.3 is 10.5 Å². The molecule has 0 spiro atoms. The largest absolute Gasteiger partial charge is 0.472 e. The van der Waals surface area contributed by atoms with Crippen LogP contribution in [0.2, 0.25) is 5.02 Å². The smallest absolute Gasteiger partial charge is 0.272 e. The van der Waals surface area contributed by atoms with Gasteiger partial charge in [0.15, 0.2) is 6.61 Å². The van der Waals surface area contributed by atoms with Crippen molar-refractivity contribution in [1.29, 1.82) is 0 Å². The van der Waals surface area contributed by atoms with E-state index in [0.29, 0.717) is 11.1 Å². The lowest BCUT2D eigenvalue weighted by Gasteiger charge is -2.08. The molecule has 0 aliphatic rings. The Balaban J connectivity index is 2.24. The van der Waals surface area contributed by atoms with E-state index >= 15 is 0 Å². The predicted molar refractivity (Wildman–Crippen MR) is 70.6 cm³/mol. The molecule has 3 nitrogen and oxygen atoms in total. The van der Waals surface area contributed by atoms with Gasteiger partial charge >= 0.3 is 0 Å². The van der Waals surface area contributed by atoms with Crippen molar-refractivity contribution in [3.05, 3.63) is 41.3 Å². The van der Waals surface area contributed by atoms with Gasteiger partial charge in [-0.3, -0.25) is 0 Å². The third-order valence-electron chi connectivity index (χ3n) is 2.49. The zero-order valence-electron chi connectivity index (χ0n) is 10.1. The van der Waals surface area contributed by atoms with Crippen LogP contribution in [0.5, 0.6) is 5.88 Å². The first-order valence-corrected chi connectivity index (χ1v) is 5.97. The van der Waals surface area contributed by atoms with Crippen molar-refractivity contribution in [3.8, 4) is 17.0 Å². The van der Waals surface area contributed by atoms with Gasteiger partial charge in [-0.05, 0) is 18.2 Å². The summed E-state index contributed by atoms with van der Waals surface area (Å²) in [5.74, 6) is -0.538. The van der Waals surface area contributed by atoms with Gasteiger partial charge in [-0.25, -0.2) is 18.2 Å². The summed E-state index contributed by atoms with van der Waals surface area (Å²) in [6.45, 7) is -0.733. The molecule has 0 aliphatic heterocycles. The molecule has 1 aromatic carbocycles. The molecule has 1 heterocycles. The quantitative estimate of drug-likeness (QED) is 0.875. The summed E-state index contributed by atoms with van der Waals surface area (Å²) >= 11 is 5.97. The van der Waals surface area contributed by atoms with Crippen molar-refractivity contribution in [1.82, 2.24) is 4.98 Å². The summed E-state index contributed by atoms with van der Waals surface area (Å²) < 4.78 is 42.1. The number of nitrogens with zero attached hydrogens (tertiary/aromatic N) is 1. The summed E-state index contributed by atoms with van der Waals surface area (Å²) in [6, 6.07) is 5.44. The summed E-state index contributed by atoms with van der Waals surface area (Å²) in [4.78, 5) is 3.85. The number of benzene rings is 1. The second-order valence-electron chi connectivity index (χ2n) is 3.94. The molecular weight excluding hydrogens is 293 g/mol. The minimum Gasteiger partial charge on any atom is -0.472 e. The Morgan fingerprint density at radius 3 is 2.65 bits per heavy atom. The van der Waals surface area contributed by atoms with Crippen LogP contribution in [0, 0.1) is 5.82 Å². The Hall–Kier alpha value is -1.95. The molecule has 106 valence electrons. The highest BCUT2D eigenvalue weighted by Gasteiger charge is 2.10. The van der Waals surface area contributed by atoms with Crippen LogP contribution in [0.15, 0.2) is 30.5 Å². The number of pyridine rings is 1. The van der Waals surface area contributed by atoms with Crippen LogP contribution in [0.1, 0.15) is 0 Å². The maximum Gasteiger partial charge on any atom is 0.272 e.